The molecule has 0 saturated carbocycles. The molecule has 1 aliphatic rings. The van der Waals surface area contributed by atoms with E-state index in [-0.39, 0.29) is 18.6 Å². The van der Waals surface area contributed by atoms with Crippen LogP contribution in [0.15, 0.2) is 54.7 Å². The van der Waals surface area contributed by atoms with Gasteiger partial charge in [0.1, 0.15) is 5.75 Å². The van der Waals surface area contributed by atoms with Crippen molar-refractivity contribution in [3.05, 3.63) is 65.9 Å². The number of amides is 2. The third-order valence-electron chi connectivity index (χ3n) is 5.78. The summed E-state index contributed by atoms with van der Waals surface area (Å²) in [4.78, 5) is 29.2. The van der Waals surface area contributed by atoms with Crippen LogP contribution in [-0.2, 0) is 11.3 Å². The molecule has 0 spiro atoms. The minimum Gasteiger partial charge on any atom is -0.484 e. The molecule has 0 aliphatic carbocycles. The van der Waals surface area contributed by atoms with Gasteiger partial charge < -0.3 is 25.9 Å². The fourth-order valence-corrected chi connectivity index (χ4v) is 4.11. The van der Waals surface area contributed by atoms with Gasteiger partial charge in [0, 0.05) is 35.8 Å². The second-order valence-corrected chi connectivity index (χ2v) is 8.16. The van der Waals surface area contributed by atoms with Crippen LogP contribution in [0.4, 0.5) is 0 Å². The SMILES string of the molecule is NC(=O)COc1ccc(C(=O)N[C@@H]2CN(Cc3c[nH]c4ccccc34)CCC[C@H]2O)cc1. The first-order valence-corrected chi connectivity index (χ1v) is 10.8. The molecule has 2 heterocycles. The van der Waals surface area contributed by atoms with E-state index >= 15 is 0 Å². The van der Waals surface area contributed by atoms with E-state index < -0.39 is 12.0 Å². The minimum absolute atomic E-state index is 0.216. The Kier molecular flexibility index (Phi) is 6.72. The number of carbonyl (C=O) groups excluding carboxylic acids is 2. The lowest BCUT2D eigenvalue weighted by Gasteiger charge is -2.27. The summed E-state index contributed by atoms with van der Waals surface area (Å²) in [5, 5.41) is 14.8. The van der Waals surface area contributed by atoms with Crippen LogP contribution in [0.5, 0.6) is 5.75 Å². The highest BCUT2D eigenvalue weighted by Crippen LogP contribution is 2.22. The molecular weight excluding hydrogens is 408 g/mol. The Morgan fingerprint density at radius 3 is 2.75 bits per heavy atom. The van der Waals surface area contributed by atoms with Crippen LogP contribution in [-0.4, -0.2) is 58.6 Å². The number of primary amides is 1. The number of H-pyrrole nitrogens is 1. The van der Waals surface area contributed by atoms with E-state index in [2.05, 4.69) is 27.3 Å². The van der Waals surface area contributed by atoms with E-state index in [9.17, 15) is 14.7 Å². The van der Waals surface area contributed by atoms with Crippen molar-refractivity contribution in [3.63, 3.8) is 0 Å². The van der Waals surface area contributed by atoms with Crippen molar-refractivity contribution in [2.45, 2.75) is 31.5 Å². The minimum atomic E-state index is -0.606. The second kappa shape index (κ2) is 9.84. The molecule has 5 N–H and O–H groups in total. The maximum atomic E-state index is 12.8. The number of nitrogens with two attached hydrogens (primary N) is 1. The summed E-state index contributed by atoms with van der Waals surface area (Å²) in [6, 6.07) is 14.3. The predicted octanol–water partition coefficient (Wildman–Crippen LogP) is 1.79. The number of rotatable bonds is 7. The summed E-state index contributed by atoms with van der Waals surface area (Å²) in [5.74, 6) is -0.365. The van der Waals surface area contributed by atoms with E-state index in [0.717, 1.165) is 25.0 Å². The molecule has 2 aromatic carbocycles. The molecule has 2 amide bonds. The molecule has 8 nitrogen and oxygen atoms in total. The fraction of sp³-hybridized carbons (Fsp3) is 0.333. The number of aromatic amines is 1. The number of hydrogen-bond acceptors (Lipinski definition) is 5. The average Bonchev–Trinajstić information content (AvgIpc) is 3.11. The zero-order chi connectivity index (χ0) is 22.5. The first-order valence-electron chi connectivity index (χ1n) is 10.8. The standard InChI is InChI=1S/C24H28N4O4/c25-23(30)15-32-18-9-7-16(8-10-18)24(31)27-21-14-28(11-3-6-22(21)29)13-17-12-26-20-5-2-1-4-19(17)20/h1-2,4-5,7-10,12,21-22,26,29H,3,6,11,13-15H2,(H2,25,30)(H,27,31)/t21-,22-/m1/s1. The number of aromatic nitrogens is 1. The van der Waals surface area contributed by atoms with Gasteiger partial charge >= 0.3 is 0 Å². The van der Waals surface area contributed by atoms with Crippen LogP contribution in [0.1, 0.15) is 28.8 Å². The number of aliphatic hydroxyl groups excluding tert-OH is 1. The summed E-state index contributed by atoms with van der Waals surface area (Å²) >= 11 is 0. The number of nitrogens with zero attached hydrogens (tertiary/aromatic N) is 1. The molecule has 168 valence electrons. The van der Waals surface area contributed by atoms with Gasteiger partial charge in [-0.1, -0.05) is 18.2 Å². The van der Waals surface area contributed by atoms with Crippen LogP contribution < -0.4 is 15.8 Å². The topological polar surface area (TPSA) is 121 Å². The lowest BCUT2D eigenvalue weighted by molar-refractivity contribution is -0.119. The zero-order valence-electron chi connectivity index (χ0n) is 17.8. The highest BCUT2D eigenvalue weighted by molar-refractivity contribution is 5.94. The van der Waals surface area contributed by atoms with Gasteiger partial charge in [0.2, 0.25) is 0 Å². The summed E-state index contributed by atoms with van der Waals surface area (Å²) in [6.45, 7) is 1.95. The van der Waals surface area contributed by atoms with Crippen molar-refractivity contribution < 1.29 is 19.4 Å². The number of aliphatic hydroxyl groups is 1. The van der Waals surface area contributed by atoms with Gasteiger partial charge in [-0.2, -0.15) is 0 Å². The molecule has 1 fully saturated rings. The lowest BCUT2D eigenvalue weighted by Crippen LogP contribution is -2.48. The third-order valence-corrected chi connectivity index (χ3v) is 5.78. The largest absolute Gasteiger partial charge is 0.484 e. The molecule has 0 bridgehead atoms. The first-order chi connectivity index (χ1) is 15.5. The highest BCUT2D eigenvalue weighted by Gasteiger charge is 2.27. The third kappa shape index (κ3) is 5.27. The monoisotopic (exact) mass is 436 g/mol. The van der Waals surface area contributed by atoms with Crippen molar-refractivity contribution in [3.8, 4) is 5.75 Å². The van der Waals surface area contributed by atoms with Crippen molar-refractivity contribution >= 4 is 22.7 Å². The summed E-state index contributed by atoms with van der Waals surface area (Å²) in [6.07, 6.45) is 2.92. The van der Waals surface area contributed by atoms with Crippen LogP contribution in [0.2, 0.25) is 0 Å². The predicted molar refractivity (Wildman–Crippen MR) is 121 cm³/mol. The summed E-state index contributed by atoms with van der Waals surface area (Å²) in [7, 11) is 0. The van der Waals surface area contributed by atoms with Gasteiger partial charge in [-0.25, -0.2) is 0 Å². The number of likely N-dealkylation sites (tertiary alicyclic amines) is 1. The van der Waals surface area contributed by atoms with E-state index in [1.807, 2.05) is 18.3 Å². The Hall–Kier alpha value is -3.36. The Morgan fingerprint density at radius 2 is 1.97 bits per heavy atom. The van der Waals surface area contributed by atoms with Crippen LogP contribution in [0.25, 0.3) is 10.9 Å². The van der Waals surface area contributed by atoms with Gasteiger partial charge in [0.25, 0.3) is 11.8 Å². The van der Waals surface area contributed by atoms with Gasteiger partial charge in [0.05, 0.1) is 12.1 Å². The van der Waals surface area contributed by atoms with Gasteiger partial charge in [-0.05, 0) is 55.3 Å². The molecule has 8 heteroatoms. The Labute approximate surface area is 186 Å². The smallest absolute Gasteiger partial charge is 0.255 e. The van der Waals surface area contributed by atoms with Crippen LogP contribution in [0.3, 0.4) is 0 Å². The van der Waals surface area contributed by atoms with Gasteiger partial charge in [0.15, 0.2) is 6.61 Å². The van der Waals surface area contributed by atoms with Gasteiger partial charge in [-0.15, -0.1) is 0 Å². The van der Waals surface area contributed by atoms with Crippen molar-refractivity contribution in [1.29, 1.82) is 0 Å². The van der Waals surface area contributed by atoms with Crippen LogP contribution in [0, 0.1) is 0 Å². The Balaban J connectivity index is 1.40. The van der Waals surface area contributed by atoms with E-state index in [4.69, 9.17) is 10.5 Å². The molecule has 0 unspecified atom stereocenters. The lowest BCUT2D eigenvalue weighted by atomic mass is 10.1. The molecule has 1 aliphatic heterocycles. The molecule has 4 rings (SSSR count). The maximum absolute atomic E-state index is 12.8. The number of nitrogens with one attached hydrogen (secondary N) is 2. The van der Waals surface area contributed by atoms with E-state index in [1.165, 1.54) is 10.9 Å². The average molecular weight is 437 g/mol. The Bertz CT molecular complexity index is 1080. The highest BCUT2D eigenvalue weighted by atomic mass is 16.5. The van der Waals surface area contributed by atoms with Crippen molar-refractivity contribution in [2.24, 2.45) is 5.73 Å². The maximum Gasteiger partial charge on any atom is 0.255 e. The molecule has 3 aromatic rings. The number of para-hydroxylation sites is 1. The normalized spacial score (nSPS) is 19.4. The quantitative estimate of drug-likeness (QED) is 0.450. The molecule has 32 heavy (non-hydrogen) atoms. The van der Waals surface area contributed by atoms with E-state index in [1.54, 1.807) is 24.3 Å². The molecule has 1 aromatic heterocycles. The number of hydrogen-bond donors (Lipinski definition) is 4. The van der Waals surface area contributed by atoms with Crippen LogP contribution >= 0.6 is 0 Å². The molecular formula is C24H28N4O4. The number of carbonyl (C=O) groups is 2. The van der Waals surface area contributed by atoms with E-state index in [0.29, 0.717) is 24.3 Å². The summed E-state index contributed by atoms with van der Waals surface area (Å²) in [5.41, 5.74) is 7.83. The van der Waals surface area contributed by atoms with Gasteiger partial charge in [-0.3, -0.25) is 14.5 Å². The number of benzene rings is 2. The van der Waals surface area contributed by atoms with Crippen molar-refractivity contribution in [2.75, 3.05) is 19.7 Å². The molecule has 0 radical (unpaired) electrons. The second-order valence-electron chi connectivity index (χ2n) is 8.16. The van der Waals surface area contributed by atoms with Crippen molar-refractivity contribution in [1.82, 2.24) is 15.2 Å². The molecule has 1 saturated heterocycles. The molecule has 2 atom stereocenters. The number of ether oxygens (including phenoxy) is 1. The summed E-state index contributed by atoms with van der Waals surface area (Å²) < 4.78 is 5.22. The zero-order valence-corrected chi connectivity index (χ0v) is 17.8. The number of fused-ring (bicyclic) bond motifs is 1. The first kappa shape index (κ1) is 21.9. The fourth-order valence-electron chi connectivity index (χ4n) is 4.11. The Morgan fingerprint density at radius 1 is 1.19 bits per heavy atom.